The number of aromatic nitrogens is 2. The Hall–Kier alpha value is -1.69. The van der Waals surface area contributed by atoms with Gasteiger partial charge in [0.15, 0.2) is 0 Å². The monoisotopic (exact) mass is 301 g/mol. The highest BCUT2D eigenvalue weighted by molar-refractivity contribution is 5.25. The van der Waals surface area contributed by atoms with E-state index in [9.17, 15) is 0 Å². The summed E-state index contributed by atoms with van der Waals surface area (Å²) in [6.07, 6.45) is 2.86. The van der Waals surface area contributed by atoms with Gasteiger partial charge in [0.05, 0.1) is 25.0 Å². The lowest BCUT2D eigenvalue weighted by molar-refractivity contribution is -0.00827. The number of benzene rings is 1. The molecular formula is C17H23N3O2. The first-order valence-corrected chi connectivity index (χ1v) is 7.81. The molecule has 5 heteroatoms. The highest BCUT2D eigenvalue weighted by Crippen LogP contribution is 2.25. The van der Waals surface area contributed by atoms with E-state index in [1.807, 2.05) is 42.2 Å². The van der Waals surface area contributed by atoms with Gasteiger partial charge in [0.1, 0.15) is 6.10 Å². The van der Waals surface area contributed by atoms with Crippen molar-refractivity contribution in [3.8, 4) is 0 Å². The van der Waals surface area contributed by atoms with Gasteiger partial charge in [-0.15, -0.1) is 0 Å². The quantitative estimate of drug-likeness (QED) is 0.885. The number of nitrogens with zero attached hydrogens (tertiary/aromatic N) is 2. The summed E-state index contributed by atoms with van der Waals surface area (Å²) in [7, 11) is 1.95. The Bertz CT molecular complexity index is 564. The number of nitrogens with one attached hydrogen (secondary N) is 1. The van der Waals surface area contributed by atoms with Crippen LogP contribution in [0.1, 0.15) is 23.8 Å². The minimum Gasteiger partial charge on any atom is -0.375 e. The van der Waals surface area contributed by atoms with Gasteiger partial charge >= 0.3 is 0 Å². The van der Waals surface area contributed by atoms with E-state index in [1.54, 1.807) is 0 Å². The van der Waals surface area contributed by atoms with Crippen molar-refractivity contribution in [2.24, 2.45) is 7.05 Å². The summed E-state index contributed by atoms with van der Waals surface area (Å²) in [5.74, 6) is 0. The second-order valence-corrected chi connectivity index (χ2v) is 5.53. The number of rotatable bonds is 6. The number of hydrogen-bond donors (Lipinski definition) is 1. The molecule has 1 aromatic carbocycles. The Kier molecular flexibility index (Phi) is 5.21. The molecule has 0 amide bonds. The highest BCUT2D eigenvalue weighted by atomic mass is 16.5. The van der Waals surface area contributed by atoms with E-state index in [1.165, 1.54) is 0 Å². The van der Waals surface area contributed by atoms with E-state index in [2.05, 4.69) is 22.5 Å². The summed E-state index contributed by atoms with van der Waals surface area (Å²) in [5, 5.41) is 7.61. The van der Waals surface area contributed by atoms with Gasteiger partial charge in [0.25, 0.3) is 0 Å². The number of morpholine rings is 1. The molecule has 0 spiro atoms. The Morgan fingerprint density at radius 3 is 2.91 bits per heavy atom. The molecular weight excluding hydrogens is 278 g/mol. The summed E-state index contributed by atoms with van der Waals surface area (Å²) < 4.78 is 13.8. The van der Waals surface area contributed by atoms with E-state index >= 15 is 0 Å². The molecule has 1 saturated heterocycles. The molecule has 3 rings (SSSR count). The third-order valence-corrected chi connectivity index (χ3v) is 3.96. The molecule has 118 valence electrons. The van der Waals surface area contributed by atoms with Crippen molar-refractivity contribution in [1.29, 1.82) is 0 Å². The lowest BCUT2D eigenvalue weighted by Crippen LogP contribution is -2.39. The smallest absolute Gasteiger partial charge is 0.124 e. The summed E-state index contributed by atoms with van der Waals surface area (Å²) in [5.41, 5.74) is 2.21. The summed E-state index contributed by atoms with van der Waals surface area (Å²) in [6, 6.07) is 12.3. The third-order valence-electron chi connectivity index (χ3n) is 3.96. The number of hydrogen-bond acceptors (Lipinski definition) is 4. The lowest BCUT2D eigenvalue weighted by Gasteiger charge is -2.25. The average Bonchev–Trinajstić information content (AvgIpc) is 2.99. The first-order valence-electron chi connectivity index (χ1n) is 7.81. The maximum Gasteiger partial charge on any atom is 0.124 e. The van der Waals surface area contributed by atoms with Gasteiger partial charge in [-0.25, -0.2) is 0 Å². The van der Waals surface area contributed by atoms with Crippen LogP contribution in [0.5, 0.6) is 0 Å². The van der Waals surface area contributed by atoms with Gasteiger partial charge in [-0.1, -0.05) is 30.3 Å². The molecule has 0 aliphatic carbocycles. The lowest BCUT2D eigenvalue weighted by atomic mass is 10.1. The second-order valence-electron chi connectivity index (χ2n) is 5.53. The van der Waals surface area contributed by atoms with Gasteiger partial charge in [0.2, 0.25) is 0 Å². The zero-order valence-corrected chi connectivity index (χ0v) is 12.9. The molecule has 0 saturated carbocycles. The van der Waals surface area contributed by atoms with E-state index in [0.29, 0.717) is 6.61 Å². The zero-order chi connectivity index (χ0) is 15.2. The van der Waals surface area contributed by atoms with Crippen molar-refractivity contribution in [3.05, 3.63) is 53.9 Å². The zero-order valence-electron chi connectivity index (χ0n) is 12.9. The standard InChI is InChI=1S/C17H23N3O2/c1-20-16(7-9-19-20)17(14-5-3-2-4-6-14)22-11-8-15-13-18-10-12-21-15/h2-7,9,15,17-18H,8,10-13H2,1H3. The van der Waals surface area contributed by atoms with Crippen LogP contribution in [0.25, 0.3) is 0 Å². The van der Waals surface area contributed by atoms with Gasteiger partial charge in [-0.3, -0.25) is 4.68 Å². The Labute approximate surface area is 131 Å². The van der Waals surface area contributed by atoms with Crippen molar-refractivity contribution >= 4 is 0 Å². The van der Waals surface area contributed by atoms with Crippen LogP contribution in [0.15, 0.2) is 42.6 Å². The SMILES string of the molecule is Cn1nccc1C(OCCC1CNCCO1)c1ccccc1. The Morgan fingerprint density at radius 1 is 1.36 bits per heavy atom. The molecule has 1 aliphatic heterocycles. The molecule has 2 unspecified atom stereocenters. The number of ether oxygens (including phenoxy) is 2. The fourth-order valence-corrected chi connectivity index (χ4v) is 2.74. The first-order chi connectivity index (χ1) is 10.8. The first kappa shape index (κ1) is 15.2. The van der Waals surface area contributed by atoms with E-state index in [-0.39, 0.29) is 12.2 Å². The fraction of sp³-hybridized carbons (Fsp3) is 0.471. The van der Waals surface area contributed by atoms with Gasteiger partial charge in [0, 0.05) is 26.3 Å². The molecule has 2 heterocycles. The van der Waals surface area contributed by atoms with Crippen LogP contribution in [-0.4, -0.2) is 42.2 Å². The molecule has 22 heavy (non-hydrogen) atoms. The van der Waals surface area contributed by atoms with E-state index < -0.39 is 0 Å². The molecule has 2 aromatic rings. The molecule has 1 fully saturated rings. The maximum atomic E-state index is 6.19. The minimum atomic E-state index is -0.0924. The van der Waals surface area contributed by atoms with Crippen molar-refractivity contribution in [2.75, 3.05) is 26.3 Å². The predicted molar refractivity (Wildman–Crippen MR) is 84.7 cm³/mol. The third kappa shape index (κ3) is 3.74. The molecule has 1 N–H and O–H groups in total. The van der Waals surface area contributed by atoms with Gasteiger partial charge < -0.3 is 14.8 Å². The van der Waals surface area contributed by atoms with Crippen LogP contribution in [0.4, 0.5) is 0 Å². The fourth-order valence-electron chi connectivity index (χ4n) is 2.74. The molecule has 0 bridgehead atoms. The topological polar surface area (TPSA) is 48.3 Å². The highest BCUT2D eigenvalue weighted by Gasteiger charge is 2.19. The van der Waals surface area contributed by atoms with Crippen LogP contribution < -0.4 is 5.32 Å². The van der Waals surface area contributed by atoms with Crippen LogP contribution >= 0.6 is 0 Å². The molecule has 1 aromatic heterocycles. The predicted octanol–water partition coefficient (Wildman–Crippen LogP) is 1.90. The maximum absolute atomic E-state index is 6.19. The molecule has 2 atom stereocenters. The summed E-state index contributed by atoms with van der Waals surface area (Å²) in [6.45, 7) is 3.30. The largest absolute Gasteiger partial charge is 0.375 e. The van der Waals surface area contributed by atoms with Crippen molar-refractivity contribution in [3.63, 3.8) is 0 Å². The van der Waals surface area contributed by atoms with E-state index in [0.717, 1.165) is 37.4 Å². The van der Waals surface area contributed by atoms with Crippen molar-refractivity contribution < 1.29 is 9.47 Å². The van der Waals surface area contributed by atoms with Crippen LogP contribution in [0.2, 0.25) is 0 Å². The molecule has 5 nitrogen and oxygen atoms in total. The second kappa shape index (κ2) is 7.54. The molecule has 0 radical (unpaired) electrons. The minimum absolute atomic E-state index is 0.0924. The van der Waals surface area contributed by atoms with Gasteiger partial charge in [-0.2, -0.15) is 5.10 Å². The average molecular weight is 301 g/mol. The van der Waals surface area contributed by atoms with Crippen LogP contribution in [0, 0.1) is 0 Å². The number of aryl methyl sites for hydroxylation is 1. The summed E-state index contributed by atoms with van der Waals surface area (Å²) in [4.78, 5) is 0. The van der Waals surface area contributed by atoms with Crippen LogP contribution in [0.3, 0.4) is 0 Å². The van der Waals surface area contributed by atoms with Gasteiger partial charge in [-0.05, 0) is 18.1 Å². The normalized spacial score (nSPS) is 20.0. The Balaban J connectivity index is 1.65. The van der Waals surface area contributed by atoms with Crippen molar-refractivity contribution in [1.82, 2.24) is 15.1 Å². The van der Waals surface area contributed by atoms with Crippen molar-refractivity contribution in [2.45, 2.75) is 18.6 Å². The Morgan fingerprint density at radius 2 is 2.23 bits per heavy atom. The summed E-state index contributed by atoms with van der Waals surface area (Å²) >= 11 is 0. The van der Waals surface area contributed by atoms with Crippen LogP contribution in [-0.2, 0) is 16.5 Å². The molecule has 1 aliphatic rings. The van der Waals surface area contributed by atoms with E-state index in [4.69, 9.17) is 9.47 Å².